The molecule has 1 aliphatic carbocycles. The fourth-order valence-corrected chi connectivity index (χ4v) is 1.75. The highest BCUT2D eigenvalue weighted by Gasteiger charge is 2.42. The van der Waals surface area contributed by atoms with Crippen molar-refractivity contribution in [1.82, 2.24) is 5.32 Å². The summed E-state index contributed by atoms with van der Waals surface area (Å²) >= 11 is 0. The number of rotatable bonds is 7. The van der Waals surface area contributed by atoms with Gasteiger partial charge in [-0.25, -0.2) is 0 Å². The zero-order valence-electron chi connectivity index (χ0n) is 11.0. The second-order valence-electron chi connectivity index (χ2n) is 5.67. The Hall–Kier alpha value is -1.06. The van der Waals surface area contributed by atoms with Crippen molar-refractivity contribution in [1.29, 1.82) is 0 Å². The van der Waals surface area contributed by atoms with Crippen LogP contribution in [0.5, 0.6) is 0 Å². The molecule has 1 atom stereocenters. The largest absolute Gasteiger partial charge is 0.480 e. The molecule has 17 heavy (non-hydrogen) atoms. The maximum Gasteiger partial charge on any atom is 0.318 e. The third-order valence-electron chi connectivity index (χ3n) is 3.34. The van der Waals surface area contributed by atoms with Gasteiger partial charge in [-0.05, 0) is 32.1 Å². The molecule has 0 radical (unpaired) electrons. The second kappa shape index (κ2) is 5.52. The first-order valence-electron chi connectivity index (χ1n) is 6.40. The Kier molecular flexibility index (Phi) is 4.54. The van der Waals surface area contributed by atoms with E-state index in [4.69, 9.17) is 0 Å². The van der Waals surface area contributed by atoms with Crippen molar-refractivity contribution in [3.05, 3.63) is 0 Å². The van der Waals surface area contributed by atoms with E-state index in [1.165, 1.54) is 6.92 Å². The van der Waals surface area contributed by atoms with Crippen LogP contribution < -0.4 is 5.32 Å². The quantitative estimate of drug-likeness (QED) is 0.671. The SMILES string of the molecule is CC(C)CCCC(C)(C(=O)O)C(=O)NC1CC1. The number of nitrogens with one attached hydrogen (secondary N) is 1. The standard InChI is InChI=1S/C13H23NO3/c1-9(2)5-4-8-13(3,12(16)17)11(15)14-10-6-7-10/h9-10H,4-8H2,1-3H3,(H,14,15)(H,16,17). The number of hydrogen-bond acceptors (Lipinski definition) is 2. The average Bonchev–Trinajstić information content (AvgIpc) is 3.00. The van der Waals surface area contributed by atoms with E-state index in [0.29, 0.717) is 12.3 Å². The highest BCUT2D eigenvalue weighted by molar-refractivity contribution is 6.01. The highest BCUT2D eigenvalue weighted by atomic mass is 16.4. The van der Waals surface area contributed by atoms with Crippen molar-refractivity contribution >= 4 is 11.9 Å². The minimum Gasteiger partial charge on any atom is -0.480 e. The molecule has 4 nitrogen and oxygen atoms in total. The second-order valence-corrected chi connectivity index (χ2v) is 5.67. The van der Waals surface area contributed by atoms with Crippen molar-refractivity contribution in [2.45, 2.75) is 58.9 Å². The van der Waals surface area contributed by atoms with Gasteiger partial charge in [0.2, 0.25) is 5.91 Å². The first-order chi connectivity index (χ1) is 7.86. The maximum atomic E-state index is 11.9. The molecule has 0 bridgehead atoms. The molecule has 0 aromatic rings. The molecule has 1 saturated carbocycles. The van der Waals surface area contributed by atoms with Crippen LogP contribution in [0.4, 0.5) is 0 Å². The van der Waals surface area contributed by atoms with Crippen LogP contribution in [0.15, 0.2) is 0 Å². The Balaban J connectivity index is 2.53. The molecule has 0 spiro atoms. The summed E-state index contributed by atoms with van der Waals surface area (Å²) in [5.41, 5.74) is -1.27. The van der Waals surface area contributed by atoms with Gasteiger partial charge in [-0.1, -0.05) is 26.7 Å². The van der Waals surface area contributed by atoms with Crippen LogP contribution in [-0.2, 0) is 9.59 Å². The number of carbonyl (C=O) groups excluding carboxylic acids is 1. The molecule has 98 valence electrons. The van der Waals surface area contributed by atoms with E-state index in [1.807, 2.05) is 0 Å². The summed E-state index contributed by atoms with van der Waals surface area (Å²) < 4.78 is 0. The normalized spacial score (nSPS) is 18.8. The number of carbonyl (C=O) groups is 2. The molecular weight excluding hydrogens is 218 g/mol. The smallest absolute Gasteiger partial charge is 0.318 e. The molecule has 1 aliphatic rings. The molecule has 0 aromatic heterocycles. The van der Waals surface area contributed by atoms with Gasteiger partial charge in [-0.15, -0.1) is 0 Å². The molecule has 1 fully saturated rings. The molecule has 1 amide bonds. The van der Waals surface area contributed by atoms with E-state index in [2.05, 4.69) is 19.2 Å². The Morgan fingerprint density at radius 3 is 2.41 bits per heavy atom. The lowest BCUT2D eigenvalue weighted by molar-refractivity contribution is -0.155. The fraction of sp³-hybridized carbons (Fsp3) is 0.846. The highest BCUT2D eigenvalue weighted by Crippen LogP contribution is 2.28. The summed E-state index contributed by atoms with van der Waals surface area (Å²) in [5.74, 6) is -0.796. The number of hydrogen-bond donors (Lipinski definition) is 2. The molecule has 2 N–H and O–H groups in total. The minimum atomic E-state index is -1.27. The van der Waals surface area contributed by atoms with Crippen LogP contribution in [0.3, 0.4) is 0 Å². The summed E-state index contributed by atoms with van der Waals surface area (Å²) in [7, 11) is 0. The summed E-state index contributed by atoms with van der Waals surface area (Å²) in [6.45, 7) is 5.73. The van der Waals surface area contributed by atoms with E-state index in [9.17, 15) is 14.7 Å². The van der Waals surface area contributed by atoms with Gasteiger partial charge in [0, 0.05) is 6.04 Å². The lowest BCUT2D eigenvalue weighted by Gasteiger charge is -2.24. The summed E-state index contributed by atoms with van der Waals surface area (Å²) in [6, 6.07) is 0.214. The molecular formula is C13H23NO3. The van der Waals surface area contributed by atoms with E-state index in [0.717, 1.165) is 25.7 Å². The van der Waals surface area contributed by atoms with Gasteiger partial charge in [-0.2, -0.15) is 0 Å². The third-order valence-corrected chi connectivity index (χ3v) is 3.34. The Labute approximate surface area is 103 Å². The van der Waals surface area contributed by atoms with Gasteiger partial charge >= 0.3 is 5.97 Å². The maximum absolute atomic E-state index is 11.9. The number of carboxylic acids is 1. The first kappa shape index (κ1) is 14.0. The molecule has 0 heterocycles. The number of amides is 1. The van der Waals surface area contributed by atoms with Gasteiger partial charge < -0.3 is 10.4 Å². The first-order valence-corrected chi connectivity index (χ1v) is 6.40. The van der Waals surface area contributed by atoms with Gasteiger partial charge in [0.05, 0.1) is 0 Å². The Morgan fingerprint density at radius 2 is 2.00 bits per heavy atom. The number of aliphatic carboxylic acids is 1. The van der Waals surface area contributed by atoms with Gasteiger partial charge in [0.15, 0.2) is 0 Å². The zero-order valence-corrected chi connectivity index (χ0v) is 11.0. The van der Waals surface area contributed by atoms with Gasteiger partial charge in [0.1, 0.15) is 5.41 Å². The molecule has 4 heteroatoms. The monoisotopic (exact) mass is 241 g/mol. The third kappa shape index (κ3) is 4.02. The van der Waals surface area contributed by atoms with Crippen molar-refractivity contribution < 1.29 is 14.7 Å². The topological polar surface area (TPSA) is 66.4 Å². The fourth-order valence-electron chi connectivity index (χ4n) is 1.75. The van der Waals surface area contributed by atoms with Crippen LogP contribution in [0.2, 0.25) is 0 Å². The van der Waals surface area contributed by atoms with Crippen molar-refractivity contribution in [3.8, 4) is 0 Å². The zero-order chi connectivity index (χ0) is 13.1. The predicted molar refractivity (Wildman–Crippen MR) is 65.6 cm³/mol. The van der Waals surface area contributed by atoms with Crippen LogP contribution in [0.25, 0.3) is 0 Å². The Bertz CT molecular complexity index is 297. The number of carboxylic acid groups (broad SMARTS) is 1. The summed E-state index contributed by atoms with van der Waals surface area (Å²) in [5, 5.41) is 12.0. The molecule has 0 aliphatic heterocycles. The molecule has 0 aromatic carbocycles. The summed E-state index contributed by atoms with van der Waals surface area (Å²) in [4.78, 5) is 23.2. The van der Waals surface area contributed by atoms with Crippen molar-refractivity contribution in [3.63, 3.8) is 0 Å². The van der Waals surface area contributed by atoms with E-state index in [1.54, 1.807) is 0 Å². The van der Waals surface area contributed by atoms with Crippen LogP contribution in [0, 0.1) is 11.3 Å². The molecule has 0 saturated heterocycles. The minimum absolute atomic E-state index is 0.214. The molecule has 1 unspecified atom stereocenters. The Morgan fingerprint density at radius 1 is 1.41 bits per heavy atom. The lowest BCUT2D eigenvalue weighted by atomic mass is 9.83. The van der Waals surface area contributed by atoms with Crippen LogP contribution in [0.1, 0.15) is 52.9 Å². The van der Waals surface area contributed by atoms with Crippen LogP contribution in [-0.4, -0.2) is 23.0 Å². The lowest BCUT2D eigenvalue weighted by Crippen LogP contribution is -2.45. The van der Waals surface area contributed by atoms with Gasteiger partial charge in [-0.3, -0.25) is 9.59 Å². The molecule has 1 rings (SSSR count). The average molecular weight is 241 g/mol. The van der Waals surface area contributed by atoms with Crippen molar-refractivity contribution in [2.24, 2.45) is 11.3 Å². The van der Waals surface area contributed by atoms with Crippen LogP contribution >= 0.6 is 0 Å². The van der Waals surface area contributed by atoms with E-state index < -0.39 is 11.4 Å². The van der Waals surface area contributed by atoms with E-state index in [-0.39, 0.29) is 11.9 Å². The van der Waals surface area contributed by atoms with E-state index >= 15 is 0 Å². The summed E-state index contributed by atoms with van der Waals surface area (Å²) in [6.07, 6.45) is 4.11. The van der Waals surface area contributed by atoms with Gasteiger partial charge in [0.25, 0.3) is 0 Å². The predicted octanol–water partition coefficient (Wildman–Crippen LogP) is 2.18. The van der Waals surface area contributed by atoms with Crippen molar-refractivity contribution in [2.75, 3.05) is 0 Å².